The Balaban J connectivity index is 3.22. The van der Waals surface area contributed by atoms with Gasteiger partial charge in [0.2, 0.25) is 0 Å². The van der Waals surface area contributed by atoms with E-state index < -0.39 is 20.7 Å². The summed E-state index contributed by atoms with van der Waals surface area (Å²) in [4.78, 5) is 1.69. The first-order chi connectivity index (χ1) is 7.07. The highest BCUT2D eigenvalue weighted by Gasteiger charge is 2.40. The van der Waals surface area contributed by atoms with Crippen molar-refractivity contribution >= 4 is 37.1 Å². The second-order valence-electron chi connectivity index (χ2n) is 4.35. The molecule has 16 heavy (non-hydrogen) atoms. The minimum absolute atomic E-state index is 0.660. The van der Waals surface area contributed by atoms with E-state index in [4.69, 9.17) is 0 Å². The van der Waals surface area contributed by atoms with Crippen LogP contribution in [0.25, 0.3) is 0 Å². The molecule has 0 aliphatic carbocycles. The molecule has 0 saturated carbocycles. The molecule has 1 N–H and O–H groups in total. The van der Waals surface area contributed by atoms with Crippen LogP contribution in [-0.4, -0.2) is 24.5 Å². The summed E-state index contributed by atoms with van der Waals surface area (Å²) in [5, 5.41) is 10.2. The first kappa shape index (κ1) is 14.2. The second kappa shape index (κ2) is 4.40. The van der Waals surface area contributed by atoms with Gasteiger partial charge in [-0.3, -0.25) is 0 Å². The molecule has 92 valence electrons. The summed E-state index contributed by atoms with van der Waals surface area (Å²) in [7, 11) is -3.32. The fourth-order valence-electron chi connectivity index (χ4n) is 1.21. The number of halogens is 1. The van der Waals surface area contributed by atoms with E-state index in [1.54, 1.807) is 0 Å². The minimum Gasteiger partial charge on any atom is -0.386 e. The van der Waals surface area contributed by atoms with Crippen molar-refractivity contribution < 1.29 is 13.5 Å². The van der Waals surface area contributed by atoms with Crippen molar-refractivity contribution in [3.63, 3.8) is 0 Å². The summed E-state index contributed by atoms with van der Waals surface area (Å²) in [5.41, 5.74) is 0. The third kappa shape index (κ3) is 2.50. The molecule has 1 rings (SSSR count). The van der Waals surface area contributed by atoms with Gasteiger partial charge in [0.1, 0.15) is 6.10 Å². The second-order valence-corrected chi connectivity index (χ2v) is 9.09. The summed E-state index contributed by atoms with van der Waals surface area (Å²) in [5.74, 6) is 0. The van der Waals surface area contributed by atoms with E-state index >= 15 is 0 Å². The average molecular weight is 327 g/mol. The SMILES string of the molecule is Cc1cc(Br)c(C(O)C(C)(C)S(C)(=O)=O)s1. The first-order valence-electron chi connectivity index (χ1n) is 4.71. The van der Waals surface area contributed by atoms with E-state index in [1.807, 2.05) is 13.0 Å². The summed E-state index contributed by atoms with van der Waals surface area (Å²) in [6.45, 7) is 4.99. The molecule has 0 fully saturated rings. The quantitative estimate of drug-likeness (QED) is 0.929. The van der Waals surface area contributed by atoms with Gasteiger partial charge in [0, 0.05) is 20.5 Å². The Morgan fingerprint density at radius 1 is 1.50 bits per heavy atom. The lowest BCUT2D eigenvalue weighted by molar-refractivity contribution is 0.142. The lowest BCUT2D eigenvalue weighted by Crippen LogP contribution is -2.37. The van der Waals surface area contributed by atoms with E-state index in [0.29, 0.717) is 4.88 Å². The summed E-state index contributed by atoms with van der Waals surface area (Å²) in [6, 6.07) is 1.88. The molecule has 3 nitrogen and oxygen atoms in total. The maximum Gasteiger partial charge on any atom is 0.155 e. The summed E-state index contributed by atoms with van der Waals surface area (Å²) >= 11 is 4.74. The number of aryl methyl sites for hydroxylation is 1. The predicted molar refractivity (Wildman–Crippen MR) is 70.6 cm³/mol. The highest BCUT2D eigenvalue weighted by Crippen LogP contribution is 2.40. The van der Waals surface area contributed by atoms with Gasteiger partial charge in [-0.1, -0.05) is 0 Å². The van der Waals surface area contributed by atoms with Crippen LogP contribution in [-0.2, 0) is 9.84 Å². The smallest absolute Gasteiger partial charge is 0.155 e. The highest BCUT2D eigenvalue weighted by atomic mass is 79.9. The lowest BCUT2D eigenvalue weighted by Gasteiger charge is -2.28. The van der Waals surface area contributed by atoms with Gasteiger partial charge in [-0.15, -0.1) is 11.3 Å². The molecule has 0 aliphatic heterocycles. The van der Waals surface area contributed by atoms with Crippen molar-refractivity contribution in [3.05, 3.63) is 20.3 Å². The number of sulfone groups is 1. The largest absolute Gasteiger partial charge is 0.386 e. The average Bonchev–Trinajstić information content (AvgIpc) is 2.41. The molecule has 0 spiro atoms. The zero-order valence-corrected chi connectivity index (χ0v) is 12.8. The van der Waals surface area contributed by atoms with Crippen LogP contribution in [0, 0.1) is 6.92 Å². The highest BCUT2D eigenvalue weighted by molar-refractivity contribution is 9.10. The van der Waals surface area contributed by atoms with E-state index in [2.05, 4.69) is 15.9 Å². The monoisotopic (exact) mass is 326 g/mol. The molecule has 1 heterocycles. The number of hydrogen-bond donors (Lipinski definition) is 1. The van der Waals surface area contributed by atoms with Crippen LogP contribution in [0.5, 0.6) is 0 Å². The minimum atomic E-state index is -3.32. The Morgan fingerprint density at radius 2 is 2.00 bits per heavy atom. The molecule has 6 heteroatoms. The maximum absolute atomic E-state index is 11.6. The Labute approximate surface area is 109 Å². The van der Waals surface area contributed by atoms with E-state index in [9.17, 15) is 13.5 Å². The number of hydrogen-bond acceptors (Lipinski definition) is 4. The molecule has 0 amide bonds. The fraction of sp³-hybridized carbons (Fsp3) is 0.600. The van der Waals surface area contributed by atoms with Gasteiger partial charge >= 0.3 is 0 Å². The van der Waals surface area contributed by atoms with Crippen molar-refractivity contribution in [2.45, 2.75) is 31.6 Å². The molecule has 0 aliphatic rings. The maximum atomic E-state index is 11.6. The van der Waals surface area contributed by atoms with Crippen molar-refractivity contribution in [1.82, 2.24) is 0 Å². The first-order valence-corrected chi connectivity index (χ1v) is 8.21. The number of rotatable bonds is 3. The molecule has 1 aromatic rings. The summed E-state index contributed by atoms with van der Waals surface area (Å²) < 4.78 is 22.8. The van der Waals surface area contributed by atoms with Crippen molar-refractivity contribution in [2.24, 2.45) is 0 Å². The number of aliphatic hydroxyl groups is 1. The standard InChI is InChI=1S/C10H15BrO3S2/c1-6-5-7(11)8(15-6)9(12)10(2,3)16(4,13)14/h5,9,12H,1-4H3. The van der Waals surface area contributed by atoms with Crippen LogP contribution in [0.4, 0.5) is 0 Å². The van der Waals surface area contributed by atoms with Crippen molar-refractivity contribution in [3.8, 4) is 0 Å². The normalized spacial score (nSPS) is 15.1. The molecule has 0 radical (unpaired) electrons. The van der Waals surface area contributed by atoms with E-state index in [-0.39, 0.29) is 0 Å². The van der Waals surface area contributed by atoms with Gasteiger partial charge < -0.3 is 5.11 Å². The van der Waals surface area contributed by atoms with Crippen molar-refractivity contribution in [1.29, 1.82) is 0 Å². The summed E-state index contributed by atoms with van der Waals surface area (Å²) in [6.07, 6.45) is 0.125. The van der Waals surface area contributed by atoms with Gasteiger partial charge in [-0.25, -0.2) is 8.42 Å². The van der Waals surface area contributed by atoms with Crippen LogP contribution < -0.4 is 0 Å². The zero-order chi connectivity index (χ0) is 12.7. The van der Waals surface area contributed by atoms with E-state index in [1.165, 1.54) is 25.2 Å². The van der Waals surface area contributed by atoms with Gasteiger partial charge in [-0.2, -0.15) is 0 Å². The predicted octanol–water partition coefficient (Wildman–Crippen LogP) is 2.68. The van der Waals surface area contributed by atoms with Gasteiger partial charge in [0.05, 0.1) is 4.75 Å². The van der Waals surface area contributed by atoms with Gasteiger partial charge in [-0.05, 0) is 42.8 Å². The Hall–Kier alpha value is 0.0900. The van der Waals surface area contributed by atoms with Crippen LogP contribution >= 0.6 is 27.3 Å². The molecular weight excluding hydrogens is 312 g/mol. The number of thiophene rings is 1. The van der Waals surface area contributed by atoms with Gasteiger partial charge in [0.25, 0.3) is 0 Å². The molecule has 0 saturated heterocycles. The number of aliphatic hydroxyl groups excluding tert-OH is 1. The lowest BCUT2D eigenvalue weighted by atomic mass is 10.1. The third-order valence-electron chi connectivity index (χ3n) is 2.70. The molecule has 1 aromatic heterocycles. The third-order valence-corrected chi connectivity index (χ3v) is 6.85. The Morgan fingerprint density at radius 3 is 2.31 bits per heavy atom. The van der Waals surface area contributed by atoms with Crippen LogP contribution in [0.2, 0.25) is 0 Å². The zero-order valence-electron chi connectivity index (χ0n) is 9.61. The fourth-order valence-corrected chi connectivity index (χ4v) is 3.85. The molecule has 1 atom stereocenters. The molecule has 1 unspecified atom stereocenters. The topological polar surface area (TPSA) is 54.4 Å². The Bertz CT molecular complexity index is 488. The van der Waals surface area contributed by atoms with Crippen LogP contribution in [0.15, 0.2) is 10.5 Å². The van der Waals surface area contributed by atoms with Crippen LogP contribution in [0.1, 0.15) is 29.7 Å². The molecule has 0 aromatic carbocycles. The van der Waals surface area contributed by atoms with Crippen LogP contribution in [0.3, 0.4) is 0 Å². The van der Waals surface area contributed by atoms with Crippen molar-refractivity contribution in [2.75, 3.05) is 6.26 Å². The Kier molecular flexibility index (Phi) is 3.89. The molecule has 0 bridgehead atoms. The molecular formula is C10H15BrO3S2. The van der Waals surface area contributed by atoms with E-state index in [0.717, 1.165) is 15.6 Å². The van der Waals surface area contributed by atoms with Gasteiger partial charge in [0.15, 0.2) is 9.84 Å².